The quantitative estimate of drug-likeness (QED) is 0.701. The van der Waals surface area contributed by atoms with Gasteiger partial charge in [0, 0.05) is 24.9 Å². The van der Waals surface area contributed by atoms with Gasteiger partial charge in [-0.2, -0.15) is 0 Å². The van der Waals surface area contributed by atoms with E-state index in [0.29, 0.717) is 5.56 Å². The molecular weight excluding hydrogens is 338 g/mol. The van der Waals surface area contributed by atoms with Gasteiger partial charge in [-0.25, -0.2) is 0 Å². The van der Waals surface area contributed by atoms with Crippen molar-refractivity contribution in [2.24, 2.45) is 0 Å². The van der Waals surface area contributed by atoms with Crippen molar-refractivity contribution in [1.29, 1.82) is 0 Å². The van der Waals surface area contributed by atoms with Gasteiger partial charge in [0.25, 0.3) is 0 Å². The van der Waals surface area contributed by atoms with Gasteiger partial charge < -0.3 is 9.64 Å². The second kappa shape index (κ2) is 8.38. The molecular formula is C23H27NO3. The van der Waals surface area contributed by atoms with Crippen LogP contribution in [0.3, 0.4) is 0 Å². The predicted molar refractivity (Wildman–Crippen MR) is 106 cm³/mol. The topological polar surface area (TPSA) is 46.6 Å². The fourth-order valence-electron chi connectivity index (χ4n) is 3.66. The van der Waals surface area contributed by atoms with Gasteiger partial charge in [0.05, 0.1) is 13.2 Å². The molecule has 142 valence electrons. The Hall–Kier alpha value is -2.62. The number of aryl methyl sites for hydroxylation is 2. The average molecular weight is 365 g/mol. The lowest BCUT2D eigenvalue weighted by molar-refractivity contribution is -0.132. The molecule has 1 unspecified atom stereocenters. The number of ether oxygens (including phenoxy) is 1. The van der Waals surface area contributed by atoms with Crippen LogP contribution in [0.5, 0.6) is 5.75 Å². The fourth-order valence-corrected chi connectivity index (χ4v) is 3.66. The smallest absolute Gasteiger partial charge is 0.223 e. The fraction of sp³-hybridized carbons (Fsp3) is 0.391. The summed E-state index contributed by atoms with van der Waals surface area (Å²) >= 11 is 0. The van der Waals surface area contributed by atoms with E-state index in [2.05, 4.69) is 0 Å². The number of benzene rings is 2. The van der Waals surface area contributed by atoms with E-state index in [0.717, 1.165) is 36.3 Å². The minimum Gasteiger partial charge on any atom is -0.497 e. The van der Waals surface area contributed by atoms with E-state index in [9.17, 15) is 9.59 Å². The highest BCUT2D eigenvalue weighted by Gasteiger charge is 2.29. The van der Waals surface area contributed by atoms with Crippen LogP contribution in [0.1, 0.15) is 58.8 Å². The predicted octanol–water partition coefficient (Wildman–Crippen LogP) is 4.64. The maximum absolute atomic E-state index is 12.8. The van der Waals surface area contributed by atoms with Crippen molar-refractivity contribution in [2.75, 3.05) is 13.7 Å². The molecule has 4 heteroatoms. The van der Waals surface area contributed by atoms with Crippen molar-refractivity contribution >= 4 is 11.7 Å². The van der Waals surface area contributed by atoms with Crippen LogP contribution in [0.25, 0.3) is 0 Å². The average Bonchev–Trinajstić information content (AvgIpc) is 3.18. The summed E-state index contributed by atoms with van der Waals surface area (Å²) in [5.41, 5.74) is 4.09. The lowest BCUT2D eigenvalue weighted by Crippen LogP contribution is -2.30. The molecule has 1 fully saturated rings. The molecule has 0 N–H and O–H groups in total. The number of carbonyl (C=O) groups excluding carboxylic acids is 2. The monoisotopic (exact) mass is 365 g/mol. The van der Waals surface area contributed by atoms with Crippen molar-refractivity contribution in [2.45, 2.75) is 45.6 Å². The Balaban J connectivity index is 1.62. The Bertz CT molecular complexity index is 826. The van der Waals surface area contributed by atoms with Crippen molar-refractivity contribution < 1.29 is 14.3 Å². The molecule has 1 aliphatic heterocycles. The number of methoxy groups -OCH3 is 1. The second-order valence-corrected chi connectivity index (χ2v) is 7.24. The summed E-state index contributed by atoms with van der Waals surface area (Å²) in [5.74, 6) is 0.908. The Morgan fingerprint density at radius 1 is 1.04 bits per heavy atom. The highest BCUT2D eigenvalue weighted by molar-refractivity contribution is 5.98. The van der Waals surface area contributed by atoms with Gasteiger partial charge in [-0.05, 0) is 61.6 Å². The Morgan fingerprint density at radius 2 is 1.78 bits per heavy atom. The summed E-state index contributed by atoms with van der Waals surface area (Å²) < 4.78 is 5.21. The number of amides is 1. The number of likely N-dealkylation sites (tertiary alicyclic amines) is 1. The van der Waals surface area contributed by atoms with Crippen LogP contribution in [-0.4, -0.2) is 30.2 Å². The van der Waals surface area contributed by atoms with Gasteiger partial charge in [-0.1, -0.05) is 24.3 Å². The first kappa shape index (κ1) is 19.2. The Kier molecular flexibility index (Phi) is 5.94. The van der Waals surface area contributed by atoms with E-state index >= 15 is 0 Å². The van der Waals surface area contributed by atoms with Crippen molar-refractivity contribution in [3.8, 4) is 5.75 Å². The number of Topliss-reactive ketones (excluding diaryl/α,β-unsaturated/α-hetero) is 1. The first-order valence-corrected chi connectivity index (χ1v) is 9.53. The molecule has 1 saturated heterocycles. The van der Waals surface area contributed by atoms with E-state index in [1.165, 1.54) is 5.56 Å². The SMILES string of the molecule is COc1ccc(C2CCCN2C(=O)CCC(=O)c2ccc(C)c(C)c2)cc1. The van der Waals surface area contributed by atoms with Gasteiger partial charge in [0.2, 0.25) is 5.91 Å². The highest BCUT2D eigenvalue weighted by atomic mass is 16.5. The molecule has 0 spiro atoms. The first-order chi connectivity index (χ1) is 13.0. The van der Waals surface area contributed by atoms with Crippen LogP contribution in [0.2, 0.25) is 0 Å². The summed E-state index contributed by atoms with van der Waals surface area (Å²) in [7, 11) is 1.65. The van der Waals surface area contributed by atoms with Crippen LogP contribution in [0.15, 0.2) is 42.5 Å². The zero-order valence-electron chi connectivity index (χ0n) is 16.3. The number of carbonyl (C=O) groups is 2. The number of rotatable bonds is 6. The third kappa shape index (κ3) is 4.38. The maximum atomic E-state index is 12.8. The zero-order valence-corrected chi connectivity index (χ0v) is 16.3. The summed E-state index contributed by atoms with van der Waals surface area (Å²) in [6, 6.07) is 13.7. The molecule has 1 heterocycles. The van der Waals surface area contributed by atoms with Gasteiger partial charge in [-0.3, -0.25) is 9.59 Å². The van der Waals surface area contributed by atoms with Gasteiger partial charge in [-0.15, -0.1) is 0 Å². The summed E-state index contributed by atoms with van der Waals surface area (Å²) in [4.78, 5) is 27.1. The summed E-state index contributed by atoms with van der Waals surface area (Å²) in [6.45, 7) is 4.79. The van der Waals surface area contributed by atoms with Crippen molar-refractivity contribution in [1.82, 2.24) is 4.90 Å². The molecule has 0 aliphatic carbocycles. The van der Waals surface area contributed by atoms with E-state index < -0.39 is 0 Å². The normalized spacial score (nSPS) is 16.4. The maximum Gasteiger partial charge on any atom is 0.223 e. The third-order valence-corrected chi connectivity index (χ3v) is 5.47. The zero-order chi connectivity index (χ0) is 19.4. The molecule has 0 radical (unpaired) electrons. The van der Waals surface area contributed by atoms with Crippen LogP contribution >= 0.6 is 0 Å². The number of ketones is 1. The van der Waals surface area contributed by atoms with Crippen LogP contribution in [0.4, 0.5) is 0 Å². The van der Waals surface area contributed by atoms with Gasteiger partial charge in [0.15, 0.2) is 5.78 Å². The molecule has 1 amide bonds. The lowest BCUT2D eigenvalue weighted by atomic mass is 10.0. The van der Waals surface area contributed by atoms with Gasteiger partial charge >= 0.3 is 0 Å². The molecule has 4 nitrogen and oxygen atoms in total. The van der Waals surface area contributed by atoms with E-state index in [4.69, 9.17) is 4.74 Å². The molecule has 0 bridgehead atoms. The molecule has 1 atom stereocenters. The molecule has 2 aromatic rings. The van der Waals surface area contributed by atoms with Crippen LogP contribution in [0, 0.1) is 13.8 Å². The van der Waals surface area contributed by atoms with Crippen LogP contribution in [-0.2, 0) is 4.79 Å². The number of nitrogens with zero attached hydrogens (tertiary/aromatic N) is 1. The van der Waals surface area contributed by atoms with Gasteiger partial charge in [0.1, 0.15) is 5.75 Å². The minimum absolute atomic E-state index is 0.0339. The van der Waals surface area contributed by atoms with E-state index in [1.54, 1.807) is 7.11 Å². The number of hydrogen-bond donors (Lipinski definition) is 0. The third-order valence-electron chi connectivity index (χ3n) is 5.47. The molecule has 0 saturated carbocycles. The largest absolute Gasteiger partial charge is 0.497 e. The van der Waals surface area contributed by atoms with Crippen LogP contribution < -0.4 is 4.74 Å². The second-order valence-electron chi connectivity index (χ2n) is 7.24. The lowest BCUT2D eigenvalue weighted by Gasteiger charge is -2.25. The number of hydrogen-bond acceptors (Lipinski definition) is 3. The molecule has 2 aromatic carbocycles. The Labute approximate surface area is 161 Å². The van der Waals surface area contributed by atoms with Crippen molar-refractivity contribution in [3.63, 3.8) is 0 Å². The highest BCUT2D eigenvalue weighted by Crippen LogP contribution is 2.33. The Morgan fingerprint density at radius 3 is 2.44 bits per heavy atom. The summed E-state index contributed by atoms with van der Waals surface area (Å²) in [6.07, 6.45) is 2.47. The standard InChI is InChI=1S/C23H27NO3/c1-16-6-7-19(15-17(16)2)22(25)12-13-23(26)24-14-4-5-21(24)18-8-10-20(27-3)11-9-18/h6-11,15,21H,4-5,12-14H2,1-3H3. The summed E-state index contributed by atoms with van der Waals surface area (Å²) in [5, 5.41) is 0. The molecule has 27 heavy (non-hydrogen) atoms. The minimum atomic E-state index is 0.0339. The molecule has 1 aliphatic rings. The van der Waals surface area contributed by atoms with Crippen molar-refractivity contribution in [3.05, 3.63) is 64.7 Å². The van der Waals surface area contributed by atoms with E-state index in [1.807, 2.05) is 61.2 Å². The molecule has 3 rings (SSSR count). The first-order valence-electron chi connectivity index (χ1n) is 9.53. The van der Waals surface area contributed by atoms with E-state index in [-0.39, 0.29) is 30.6 Å². The molecule has 0 aromatic heterocycles.